The number of aliphatic carboxylic acids is 1. The van der Waals surface area contributed by atoms with E-state index in [-0.39, 0.29) is 23.3 Å². The smallest absolute Gasteiger partial charge is 0.418 e. The molecule has 2 aliphatic carbocycles. The van der Waals surface area contributed by atoms with Crippen molar-refractivity contribution in [2.45, 2.75) is 108 Å². The van der Waals surface area contributed by atoms with Crippen molar-refractivity contribution in [1.29, 1.82) is 5.41 Å². The largest absolute Gasteiger partial charge is 0.485 e. The first kappa shape index (κ1) is 37.4. The van der Waals surface area contributed by atoms with Crippen LogP contribution >= 0.6 is 11.3 Å². The molecule has 4 aliphatic rings. The van der Waals surface area contributed by atoms with Gasteiger partial charge in [0.1, 0.15) is 23.3 Å². The summed E-state index contributed by atoms with van der Waals surface area (Å²) in [6, 6.07) is 4.47. The van der Waals surface area contributed by atoms with Crippen molar-refractivity contribution in [3.8, 4) is 5.75 Å². The maximum Gasteiger partial charge on any atom is 0.418 e. The van der Waals surface area contributed by atoms with Gasteiger partial charge in [0.25, 0.3) is 17.4 Å². The van der Waals surface area contributed by atoms with Gasteiger partial charge in [0, 0.05) is 23.0 Å². The zero-order valence-corrected chi connectivity index (χ0v) is 30.4. The van der Waals surface area contributed by atoms with Crippen molar-refractivity contribution < 1.29 is 46.3 Å². The van der Waals surface area contributed by atoms with Gasteiger partial charge in [0.05, 0.1) is 5.54 Å². The molecule has 2 amide bonds. The zero-order valence-electron chi connectivity index (χ0n) is 28.7. The molecule has 9 N–H and O–H groups in total. The summed E-state index contributed by atoms with van der Waals surface area (Å²) >= 11 is 0.968. The number of thiazole rings is 1. The van der Waals surface area contributed by atoms with E-state index in [1.165, 1.54) is 26.2 Å². The number of hydrogen-bond acceptors (Lipinski definition) is 14. The quantitative estimate of drug-likeness (QED) is 0.0562. The molecule has 1 spiro atoms. The molecule has 52 heavy (non-hydrogen) atoms. The number of aromatic nitrogens is 1. The van der Waals surface area contributed by atoms with E-state index >= 15 is 0 Å². The SMILES string of the molecule is CC1(C)[C@H](NC(=O)/C(=N\O[C@](C)(C(=O)O)[C@H]2CCc3cc(C(=N)N[C@H]4CCC5(CC4)C[C@@H](N)C5)ccc3O2)c2csc(N)n2)C(=O)N1OS(=O)(=O)O. The Balaban J connectivity index is 1.14. The highest BCUT2D eigenvalue weighted by atomic mass is 32.3. The summed E-state index contributed by atoms with van der Waals surface area (Å²) in [7, 11) is -5.03. The number of carboxylic acids is 1. The second-order valence-corrected chi connectivity index (χ2v) is 16.5. The van der Waals surface area contributed by atoms with Gasteiger partial charge < -0.3 is 36.8 Å². The van der Waals surface area contributed by atoms with Crippen molar-refractivity contribution in [2.75, 3.05) is 5.73 Å². The summed E-state index contributed by atoms with van der Waals surface area (Å²) in [5, 5.41) is 30.6. The topological polar surface area (TPSA) is 282 Å². The number of nitrogens with zero attached hydrogens (tertiary/aromatic N) is 3. The number of carbonyl (C=O) groups excluding carboxylic acids is 2. The summed E-state index contributed by atoms with van der Waals surface area (Å²) < 4.78 is 41.9. The molecule has 0 radical (unpaired) electrons. The van der Waals surface area contributed by atoms with E-state index in [0.29, 0.717) is 40.1 Å². The lowest BCUT2D eigenvalue weighted by Gasteiger charge is -2.50. The number of nitrogens with two attached hydrogens (primary N) is 2. The number of nitrogen functional groups attached to an aromatic ring is 1. The van der Waals surface area contributed by atoms with Crippen LogP contribution in [-0.2, 0) is 40.3 Å². The normalized spacial score (nSPS) is 28.0. The second-order valence-electron chi connectivity index (χ2n) is 14.6. The molecule has 0 unspecified atom stereocenters. The molecule has 3 atom stereocenters. The number of hydroxylamine groups is 2. The van der Waals surface area contributed by atoms with Gasteiger partial charge >= 0.3 is 16.4 Å². The summed E-state index contributed by atoms with van der Waals surface area (Å²) in [4.78, 5) is 48.5. The minimum atomic E-state index is -5.03. The Morgan fingerprint density at radius 2 is 1.90 bits per heavy atom. The van der Waals surface area contributed by atoms with E-state index in [1.54, 1.807) is 12.1 Å². The Morgan fingerprint density at radius 3 is 2.48 bits per heavy atom. The summed E-state index contributed by atoms with van der Waals surface area (Å²) in [6.07, 6.45) is 5.89. The van der Waals surface area contributed by atoms with Gasteiger partial charge in [-0.15, -0.1) is 15.6 Å². The molecule has 2 aliphatic heterocycles. The number of fused-ring (bicyclic) bond motifs is 1. The first-order valence-electron chi connectivity index (χ1n) is 16.7. The highest BCUT2D eigenvalue weighted by Crippen LogP contribution is 2.51. The van der Waals surface area contributed by atoms with E-state index < -0.39 is 57.2 Å². The van der Waals surface area contributed by atoms with Gasteiger partial charge in [0.15, 0.2) is 16.9 Å². The van der Waals surface area contributed by atoms with E-state index in [4.69, 9.17) is 31.0 Å². The summed E-state index contributed by atoms with van der Waals surface area (Å²) in [5.41, 5.74) is 9.51. The van der Waals surface area contributed by atoms with Gasteiger partial charge in [-0.1, -0.05) is 5.16 Å². The third-order valence-corrected chi connectivity index (χ3v) is 11.6. The number of nitrogens with one attached hydrogen (secondary N) is 3. The minimum Gasteiger partial charge on any atom is -0.485 e. The van der Waals surface area contributed by atoms with Crippen LogP contribution < -0.4 is 26.8 Å². The van der Waals surface area contributed by atoms with Crippen LogP contribution in [0.1, 0.15) is 82.5 Å². The number of aryl methyl sites for hydroxylation is 1. The van der Waals surface area contributed by atoms with Crippen molar-refractivity contribution in [1.82, 2.24) is 20.7 Å². The van der Waals surface area contributed by atoms with Crippen molar-refractivity contribution in [3.63, 3.8) is 0 Å². The number of amidine groups is 1. The molecule has 0 bridgehead atoms. The number of β-lactam (4-membered cyclic amide) rings is 1. The van der Waals surface area contributed by atoms with Crippen molar-refractivity contribution >= 4 is 56.2 Å². The van der Waals surface area contributed by atoms with Crippen LogP contribution in [0.5, 0.6) is 5.75 Å². The fourth-order valence-electron chi connectivity index (χ4n) is 7.45. The molecule has 6 rings (SSSR count). The molecule has 2 saturated carbocycles. The number of hydrogen-bond donors (Lipinski definition) is 7. The fraction of sp³-hybridized carbons (Fsp3) is 0.562. The Bertz CT molecular complexity index is 1920. The van der Waals surface area contributed by atoms with Crippen LogP contribution in [0, 0.1) is 10.8 Å². The highest BCUT2D eigenvalue weighted by molar-refractivity contribution is 7.80. The first-order chi connectivity index (χ1) is 24.3. The predicted octanol–water partition coefficient (Wildman–Crippen LogP) is 1.49. The monoisotopic (exact) mass is 762 g/mol. The van der Waals surface area contributed by atoms with Crippen LogP contribution in [0.15, 0.2) is 28.7 Å². The number of rotatable bonds is 11. The number of anilines is 1. The molecule has 2 aromatic rings. The molecule has 1 saturated heterocycles. The lowest BCUT2D eigenvalue weighted by atomic mass is 9.58. The average Bonchev–Trinajstić information content (AvgIpc) is 3.50. The average molecular weight is 763 g/mol. The maximum absolute atomic E-state index is 13.5. The summed E-state index contributed by atoms with van der Waals surface area (Å²) in [6.45, 7) is 4.00. The van der Waals surface area contributed by atoms with Crippen LogP contribution in [0.2, 0.25) is 0 Å². The van der Waals surface area contributed by atoms with E-state index in [0.717, 1.165) is 55.4 Å². The third-order valence-electron chi connectivity index (χ3n) is 10.5. The van der Waals surface area contributed by atoms with Crippen LogP contribution in [0.4, 0.5) is 5.13 Å². The van der Waals surface area contributed by atoms with Crippen LogP contribution in [-0.4, -0.2) is 92.8 Å². The molecule has 282 valence electrons. The summed E-state index contributed by atoms with van der Waals surface area (Å²) in [5.74, 6) is -2.72. The van der Waals surface area contributed by atoms with E-state index in [9.17, 15) is 27.9 Å². The Hall–Kier alpha value is -4.37. The van der Waals surface area contributed by atoms with Gasteiger partial charge in [0.2, 0.25) is 0 Å². The molecule has 1 aromatic carbocycles. The molecule has 20 heteroatoms. The number of carbonyl (C=O) groups is 3. The highest BCUT2D eigenvalue weighted by Gasteiger charge is 2.58. The van der Waals surface area contributed by atoms with Gasteiger partial charge in [-0.25, -0.2) is 9.78 Å². The zero-order chi connectivity index (χ0) is 37.8. The number of oxime groups is 1. The van der Waals surface area contributed by atoms with Gasteiger partial charge in [-0.3, -0.25) is 19.6 Å². The predicted molar refractivity (Wildman–Crippen MR) is 187 cm³/mol. The molecule has 3 heterocycles. The van der Waals surface area contributed by atoms with Gasteiger partial charge in [-0.05, 0) is 101 Å². The van der Waals surface area contributed by atoms with Gasteiger partial charge in [-0.2, -0.15) is 13.5 Å². The fourth-order valence-corrected chi connectivity index (χ4v) is 8.45. The lowest BCUT2D eigenvalue weighted by molar-refractivity contribution is -0.218. The van der Waals surface area contributed by atoms with Crippen LogP contribution in [0.3, 0.4) is 0 Å². The van der Waals surface area contributed by atoms with E-state index in [1.807, 2.05) is 6.07 Å². The number of amides is 2. The third kappa shape index (κ3) is 7.29. The maximum atomic E-state index is 13.5. The first-order valence-corrected chi connectivity index (χ1v) is 19.0. The van der Waals surface area contributed by atoms with E-state index in [2.05, 4.69) is 25.1 Å². The Labute approximate surface area is 303 Å². The molecule has 3 fully saturated rings. The molecule has 1 aromatic heterocycles. The Morgan fingerprint density at radius 1 is 1.21 bits per heavy atom. The van der Waals surface area contributed by atoms with Crippen molar-refractivity contribution in [2.24, 2.45) is 16.3 Å². The standard InChI is InChI=1S/C32H42N8O10S2/c1-30(2)24(27(42)40(30)50-52(45,46)47)38-26(41)23(20-15-51-29(35)37-20)39-49-31(3,28(43)44)22-7-5-16-12-17(4-6-21(16)48-22)25(34)36-19-8-10-32(11-9-19)13-18(33)14-32/h4,6,12,15,18-19,22,24H,5,7-11,13-14,33H2,1-3H3,(H2,34,36)(H2,35,37)(H,38,41)(H,43,44)(H,45,46,47)/b39-23-/t18-,19-,22-,24-,31+,32?/m1/s1. The molecular weight excluding hydrogens is 721 g/mol. The number of carboxylic acid groups (broad SMARTS) is 1. The number of benzene rings is 1. The molecular formula is C32H42N8O10S2. The minimum absolute atomic E-state index is 0.0603. The van der Waals surface area contributed by atoms with Crippen LogP contribution in [0.25, 0.3) is 0 Å². The Kier molecular flexibility index (Phi) is 9.75. The number of ether oxygens (including phenoxy) is 1. The molecule has 18 nitrogen and oxygen atoms in total. The second kappa shape index (κ2) is 13.6. The lowest BCUT2D eigenvalue weighted by Crippen LogP contribution is -2.76. The van der Waals surface area contributed by atoms with Crippen molar-refractivity contribution in [3.05, 3.63) is 40.4 Å².